The van der Waals surface area contributed by atoms with Gasteiger partial charge in [0.25, 0.3) is 0 Å². The van der Waals surface area contributed by atoms with Crippen LogP contribution in [-0.4, -0.2) is 27.4 Å². The molecule has 0 saturated carbocycles. The topological polar surface area (TPSA) is 93.5 Å². The molecule has 0 saturated heterocycles. The number of carbonyl (C=O) groups is 1. The summed E-state index contributed by atoms with van der Waals surface area (Å²) in [7, 11) is 0. The molecule has 2 aromatic heterocycles. The van der Waals surface area contributed by atoms with Crippen molar-refractivity contribution in [1.29, 1.82) is 0 Å². The van der Waals surface area contributed by atoms with E-state index in [2.05, 4.69) is 20.3 Å². The van der Waals surface area contributed by atoms with E-state index in [0.717, 1.165) is 33.1 Å². The van der Waals surface area contributed by atoms with Gasteiger partial charge in [0, 0.05) is 23.6 Å². The molecule has 2 aromatic carbocycles. The molecule has 6 nitrogen and oxygen atoms in total. The van der Waals surface area contributed by atoms with Gasteiger partial charge in [-0.3, -0.25) is 4.79 Å². The highest BCUT2D eigenvalue weighted by Crippen LogP contribution is 2.18. The third-order valence-electron chi connectivity index (χ3n) is 4.34. The fourth-order valence-corrected chi connectivity index (χ4v) is 3.09. The van der Waals surface area contributed by atoms with Crippen LogP contribution in [0.4, 0.5) is 0 Å². The minimum Gasteiger partial charge on any atom is -0.361 e. The molecule has 1 amide bonds. The SMILES string of the molecule is O=C(Cc1c[nH]c2ccccc12)NCCc1ccc2[nH]c(=O)[nH]c2c1. The molecule has 126 valence electrons. The standard InChI is InChI=1S/C19H18N4O2/c24-18(10-13-11-21-15-4-2-1-3-14(13)15)20-8-7-12-5-6-16-17(9-12)23-19(25)22-16/h1-6,9,11,21H,7-8,10H2,(H,20,24)(H2,22,23,25). The van der Waals surface area contributed by atoms with E-state index in [1.807, 2.05) is 48.7 Å². The number of aromatic nitrogens is 3. The third kappa shape index (κ3) is 3.19. The largest absolute Gasteiger partial charge is 0.361 e. The molecule has 0 radical (unpaired) electrons. The maximum Gasteiger partial charge on any atom is 0.323 e. The summed E-state index contributed by atoms with van der Waals surface area (Å²) < 4.78 is 0. The molecule has 0 aliphatic carbocycles. The number of aromatic amines is 3. The van der Waals surface area contributed by atoms with Gasteiger partial charge >= 0.3 is 5.69 Å². The Labute approximate surface area is 143 Å². The van der Waals surface area contributed by atoms with Gasteiger partial charge in [0.15, 0.2) is 0 Å². The first kappa shape index (κ1) is 15.3. The van der Waals surface area contributed by atoms with Crippen molar-refractivity contribution < 1.29 is 4.79 Å². The van der Waals surface area contributed by atoms with E-state index in [1.165, 1.54) is 0 Å². The Morgan fingerprint density at radius 3 is 2.76 bits per heavy atom. The monoisotopic (exact) mass is 334 g/mol. The normalized spacial score (nSPS) is 11.2. The van der Waals surface area contributed by atoms with Crippen molar-refractivity contribution in [2.75, 3.05) is 6.54 Å². The fourth-order valence-electron chi connectivity index (χ4n) is 3.09. The highest BCUT2D eigenvalue weighted by atomic mass is 16.1. The summed E-state index contributed by atoms with van der Waals surface area (Å²) >= 11 is 0. The number of hydrogen-bond acceptors (Lipinski definition) is 2. The lowest BCUT2D eigenvalue weighted by Crippen LogP contribution is -2.27. The minimum atomic E-state index is -0.209. The van der Waals surface area contributed by atoms with Crippen LogP contribution in [0.1, 0.15) is 11.1 Å². The van der Waals surface area contributed by atoms with Crippen LogP contribution in [-0.2, 0) is 17.6 Å². The van der Waals surface area contributed by atoms with E-state index in [-0.39, 0.29) is 11.6 Å². The van der Waals surface area contributed by atoms with E-state index in [9.17, 15) is 9.59 Å². The molecule has 4 N–H and O–H groups in total. The van der Waals surface area contributed by atoms with Gasteiger partial charge in [-0.1, -0.05) is 24.3 Å². The van der Waals surface area contributed by atoms with Crippen LogP contribution in [0.5, 0.6) is 0 Å². The Bertz CT molecular complexity index is 1100. The van der Waals surface area contributed by atoms with Gasteiger partial charge < -0.3 is 20.3 Å². The Morgan fingerprint density at radius 1 is 1.00 bits per heavy atom. The lowest BCUT2D eigenvalue weighted by atomic mass is 10.1. The highest BCUT2D eigenvalue weighted by molar-refractivity contribution is 5.88. The minimum absolute atomic E-state index is 0.000817. The van der Waals surface area contributed by atoms with Crippen molar-refractivity contribution in [1.82, 2.24) is 20.3 Å². The van der Waals surface area contributed by atoms with Crippen molar-refractivity contribution in [3.05, 3.63) is 70.3 Å². The summed E-state index contributed by atoms with van der Waals surface area (Å²) in [6, 6.07) is 13.7. The summed E-state index contributed by atoms with van der Waals surface area (Å²) in [6.07, 6.45) is 2.96. The summed E-state index contributed by atoms with van der Waals surface area (Å²) in [5.41, 5.74) is 4.47. The first-order chi connectivity index (χ1) is 12.2. The predicted octanol–water partition coefficient (Wildman–Crippen LogP) is 2.24. The number of rotatable bonds is 5. The molecule has 0 aliphatic heterocycles. The van der Waals surface area contributed by atoms with Gasteiger partial charge in [0.05, 0.1) is 17.5 Å². The van der Waals surface area contributed by atoms with E-state index in [4.69, 9.17) is 0 Å². The maximum atomic E-state index is 12.2. The summed E-state index contributed by atoms with van der Waals surface area (Å²) in [4.78, 5) is 32.1. The smallest absolute Gasteiger partial charge is 0.323 e. The maximum absolute atomic E-state index is 12.2. The molecule has 4 rings (SSSR count). The first-order valence-electron chi connectivity index (χ1n) is 8.22. The van der Waals surface area contributed by atoms with Crippen LogP contribution in [0.15, 0.2) is 53.5 Å². The van der Waals surface area contributed by atoms with Crippen molar-refractivity contribution in [2.45, 2.75) is 12.8 Å². The van der Waals surface area contributed by atoms with E-state index >= 15 is 0 Å². The average molecular weight is 334 g/mol. The number of nitrogens with one attached hydrogen (secondary N) is 4. The molecule has 0 atom stereocenters. The van der Waals surface area contributed by atoms with E-state index in [0.29, 0.717) is 19.4 Å². The molecule has 0 unspecified atom stereocenters. The molecular weight excluding hydrogens is 316 g/mol. The number of para-hydroxylation sites is 1. The third-order valence-corrected chi connectivity index (χ3v) is 4.34. The molecule has 0 bridgehead atoms. The zero-order valence-corrected chi connectivity index (χ0v) is 13.6. The fraction of sp³-hybridized carbons (Fsp3) is 0.158. The lowest BCUT2D eigenvalue weighted by molar-refractivity contribution is -0.120. The van der Waals surface area contributed by atoms with Gasteiger partial charge in [0.2, 0.25) is 5.91 Å². The van der Waals surface area contributed by atoms with E-state index in [1.54, 1.807) is 0 Å². The Balaban J connectivity index is 1.35. The molecule has 4 aromatic rings. The number of amides is 1. The summed E-state index contributed by atoms with van der Waals surface area (Å²) in [6.45, 7) is 0.557. The molecular formula is C19H18N4O2. The molecule has 6 heteroatoms. The highest BCUT2D eigenvalue weighted by Gasteiger charge is 2.08. The van der Waals surface area contributed by atoms with Crippen molar-refractivity contribution in [3.63, 3.8) is 0 Å². The number of H-pyrrole nitrogens is 3. The second-order valence-electron chi connectivity index (χ2n) is 6.10. The number of fused-ring (bicyclic) bond motifs is 2. The van der Waals surface area contributed by atoms with Crippen LogP contribution in [0.2, 0.25) is 0 Å². The number of hydrogen-bond donors (Lipinski definition) is 4. The molecule has 2 heterocycles. The van der Waals surface area contributed by atoms with Crippen LogP contribution in [0.25, 0.3) is 21.9 Å². The predicted molar refractivity (Wildman–Crippen MR) is 97.6 cm³/mol. The van der Waals surface area contributed by atoms with Crippen molar-refractivity contribution >= 4 is 27.8 Å². The van der Waals surface area contributed by atoms with Gasteiger partial charge in [0.1, 0.15) is 0 Å². The van der Waals surface area contributed by atoms with Gasteiger partial charge in [-0.15, -0.1) is 0 Å². The lowest BCUT2D eigenvalue weighted by Gasteiger charge is -2.05. The Hall–Kier alpha value is -3.28. The zero-order valence-electron chi connectivity index (χ0n) is 13.6. The van der Waals surface area contributed by atoms with Crippen molar-refractivity contribution in [2.24, 2.45) is 0 Å². The number of imidazole rings is 1. The zero-order chi connectivity index (χ0) is 17.2. The van der Waals surface area contributed by atoms with Crippen molar-refractivity contribution in [3.8, 4) is 0 Å². The van der Waals surface area contributed by atoms with Crippen LogP contribution in [0.3, 0.4) is 0 Å². The molecule has 25 heavy (non-hydrogen) atoms. The van der Waals surface area contributed by atoms with Crippen LogP contribution in [0, 0.1) is 0 Å². The molecule has 0 fully saturated rings. The second-order valence-corrected chi connectivity index (χ2v) is 6.10. The molecule has 0 aliphatic rings. The first-order valence-corrected chi connectivity index (χ1v) is 8.22. The Morgan fingerprint density at radius 2 is 1.84 bits per heavy atom. The van der Waals surface area contributed by atoms with E-state index < -0.39 is 0 Å². The number of carbonyl (C=O) groups excluding carboxylic acids is 1. The van der Waals surface area contributed by atoms with Crippen LogP contribution < -0.4 is 11.0 Å². The summed E-state index contributed by atoms with van der Waals surface area (Å²) in [5.74, 6) is 0.000817. The quantitative estimate of drug-likeness (QED) is 0.450. The van der Waals surface area contributed by atoms with Gasteiger partial charge in [-0.05, 0) is 35.7 Å². The van der Waals surface area contributed by atoms with Crippen LogP contribution >= 0.6 is 0 Å². The summed E-state index contributed by atoms with van der Waals surface area (Å²) in [5, 5.41) is 4.04. The van der Waals surface area contributed by atoms with Gasteiger partial charge in [-0.25, -0.2) is 4.79 Å². The second kappa shape index (κ2) is 6.32. The Kier molecular flexibility index (Phi) is 3.85. The van der Waals surface area contributed by atoms with Gasteiger partial charge in [-0.2, -0.15) is 0 Å². The molecule has 0 spiro atoms. The number of benzene rings is 2. The average Bonchev–Trinajstić information content (AvgIpc) is 3.17.